The molecule has 1 fully saturated rings. The summed E-state index contributed by atoms with van der Waals surface area (Å²) in [5, 5.41) is 3.52. The van der Waals surface area contributed by atoms with Crippen molar-refractivity contribution in [3.8, 4) is 5.75 Å². The Kier molecular flexibility index (Phi) is 6.69. The van der Waals surface area contributed by atoms with Crippen LogP contribution in [0.5, 0.6) is 5.75 Å². The maximum atomic E-state index is 11.3. The molecule has 3 N–H and O–H groups in total. The van der Waals surface area contributed by atoms with Gasteiger partial charge in [-0.2, -0.15) is 0 Å². The fraction of sp³-hybridized carbons (Fsp3) is 0.500. The molecule has 8 heteroatoms. The first-order valence-corrected chi connectivity index (χ1v) is 8.25. The molecule has 132 valence electrons. The van der Waals surface area contributed by atoms with Gasteiger partial charge in [0.15, 0.2) is 5.96 Å². The summed E-state index contributed by atoms with van der Waals surface area (Å²) in [7, 11) is 1.57. The third kappa shape index (κ3) is 5.28. The topological polar surface area (TPSA) is 83.2 Å². The highest BCUT2D eigenvalue weighted by molar-refractivity contribution is 6.32. The van der Waals surface area contributed by atoms with Crippen LogP contribution in [0, 0.1) is 0 Å². The zero-order valence-electron chi connectivity index (χ0n) is 14.1. The Morgan fingerprint density at radius 2 is 2.08 bits per heavy atom. The van der Waals surface area contributed by atoms with Crippen LogP contribution in [0.25, 0.3) is 0 Å². The number of ether oxygens (including phenoxy) is 1. The van der Waals surface area contributed by atoms with Gasteiger partial charge in [0, 0.05) is 45.3 Å². The molecular formula is C16H24ClN5O2. The number of anilines is 1. The predicted molar refractivity (Wildman–Crippen MR) is 96.8 cm³/mol. The van der Waals surface area contributed by atoms with Crippen molar-refractivity contribution in [3.63, 3.8) is 0 Å². The van der Waals surface area contributed by atoms with Gasteiger partial charge >= 0.3 is 0 Å². The van der Waals surface area contributed by atoms with Crippen LogP contribution in [0.3, 0.4) is 0 Å². The number of aliphatic imine (C=N–C) groups is 1. The molecule has 0 aliphatic carbocycles. The van der Waals surface area contributed by atoms with Crippen molar-refractivity contribution >= 4 is 29.2 Å². The number of amides is 1. The predicted octanol–water partition coefficient (Wildman–Crippen LogP) is 1.24. The zero-order chi connectivity index (χ0) is 17.5. The van der Waals surface area contributed by atoms with Crippen LogP contribution in [0.1, 0.15) is 6.92 Å². The van der Waals surface area contributed by atoms with Gasteiger partial charge in [-0.1, -0.05) is 11.6 Å². The quantitative estimate of drug-likeness (QED) is 0.614. The van der Waals surface area contributed by atoms with E-state index in [0.29, 0.717) is 23.3 Å². The first-order chi connectivity index (χ1) is 11.5. The van der Waals surface area contributed by atoms with Crippen LogP contribution in [-0.4, -0.2) is 68.0 Å². The average molecular weight is 354 g/mol. The summed E-state index contributed by atoms with van der Waals surface area (Å²) < 4.78 is 5.11. The first-order valence-electron chi connectivity index (χ1n) is 7.88. The molecule has 1 amide bonds. The molecule has 0 saturated carbocycles. The van der Waals surface area contributed by atoms with Crippen molar-refractivity contribution in [2.75, 3.05) is 51.7 Å². The summed E-state index contributed by atoms with van der Waals surface area (Å²) in [6.07, 6.45) is 0. The lowest BCUT2D eigenvalue weighted by atomic mass is 10.3. The first kappa shape index (κ1) is 18.4. The van der Waals surface area contributed by atoms with E-state index < -0.39 is 0 Å². The van der Waals surface area contributed by atoms with Gasteiger partial charge in [-0.3, -0.25) is 14.7 Å². The Morgan fingerprint density at radius 1 is 1.38 bits per heavy atom. The second-order valence-electron chi connectivity index (χ2n) is 5.59. The number of rotatable bonds is 5. The number of nitrogens with two attached hydrogens (primary N) is 1. The van der Waals surface area contributed by atoms with Crippen molar-refractivity contribution in [3.05, 3.63) is 23.2 Å². The molecule has 1 aliphatic heterocycles. The van der Waals surface area contributed by atoms with Gasteiger partial charge in [0.05, 0.1) is 18.7 Å². The largest absolute Gasteiger partial charge is 0.495 e. The molecule has 1 aromatic carbocycles. The van der Waals surface area contributed by atoms with E-state index in [4.69, 9.17) is 22.1 Å². The number of hydrogen-bond acceptors (Lipinski definition) is 4. The summed E-state index contributed by atoms with van der Waals surface area (Å²) in [6, 6.07) is 5.34. The SMILES string of the molecule is COc1ccc(NC(N)=NCCN2CCN(C(C)=O)CC2)cc1Cl. The highest BCUT2D eigenvalue weighted by Crippen LogP contribution is 2.26. The maximum Gasteiger partial charge on any atom is 0.219 e. The fourth-order valence-electron chi connectivity index (χ4n) is 2.53. The minimum Gasteiger partial charge on any atom is -0.495 e. The van der Waals surface area contributed by atoms with Crippen molar-refractivity contribution < 1.29 is 9.53 Å². The summed E-state index contributed by atoms with van der Waals surface area (Å²) >= 11 is 6.07. The van der Waals surface area contributed by atoms with E-state index in [0.717, 1.165) is 38.4 Å². The molecule has 1 aliphatic rings. The van der Waals surface area contributed by atoms with Gasteiger partial charge in [0.1, 0.15) is 5.75 Å². The third-order valence-electron chi connectivity index (χ3n) is 3.94. The van der Waals surface area contributed by atoms with E-state index in [9.17, 15) is 4.79 Å². The van der Waals surface area contributed by atoms with Crippen molar-refractivity contribution in [2.45, 2.75) is 6.92 Å². The number of hydrogen-bond donors (Lipinski definition) is 2. The number of halogens is 1. The molecule has 7 nitrogen and oxygen atoms in total. The number of carbonyl (C=O) groups is 1. The fourth-order valence-corrected chi connectivity index (χ4v) is 2.79. The number of benzene rings is 1. The summed E-state index contributed by atoms with van der Waals surface area (Å²) in [6.45, 7) is 6.32. The highest BCUT2D eigenvalue weighted by Gasteiger charge is 2.17. The van der Waals surface area contributed by atoms with E-state index in [2.05, 4.69) is 15.2 Å². The number of guanidine groups is 1. The maximum absolute atomic E-state index is 11.3. The van der Waals surface area contributed by atoms with Crippen molar-refractivity contribution in [2.24, 2.45) is 10.7 Å². The number of nitrogens with one attached hydrogen (secondary N) is 1. The van der Waals surface area contributed by atoms with Crippen molar-refractivity contribution in [1.29, 1.82) is 0 Å². The molecule has 24 heavy (non-hydrogen) atoms. The molecular weight excluding hydrogens is 330 g/mol. The highest BCUT2D eigenvalue weighted by atomic mass is 35.5. The second kappa shape index (κ2) is 8.75. The lowest BCUT2D eigenvalue weighted by Crippen LogP contribution is -2.48. The molecule has 1 aromatic rings. The van der Waals surface area contributed by atoms with Gasteiger partial charge in [0.25, 0.3) is 0 Å². The molecule has 0 bridgehead atoms. The van der Waals surface area contributed by atoms with Gasteiger partial charge in [-0.15, -0.1) is 0 Å². The van der Waals surface area contributed by atoms with Crippen LogP contribution in [-0.2, 0) is 4.79 Å². The molecule has 0 atom stereocenters. The van der Waals surface area contributed by atoms with Gasteiger partial charge < -0.3 is 20.7 Å². The second-order valence-corrected chi connectivity index (χ2v) is 6.00. The van der Waals surface area contributed by atoms with E-state index in [1.165, 1.54) is 0 Å². The van der Waals surface area contributed by atoms with Crippen LogP contribution in [0.15, 0.2) is 23.2 Å². The molecule has 0 aromatic heterocycles. The standard InChI is InChI=1S/C16H24ClN5O2/c1-12(23)22-9-7-21(8-10-22)6-5-19-16(18)20-13-3-4-15(24-2)14(17)11-13/h3-4,11H,5-10H2,1-2H3,(H3,18,19,20). The zero-order valence-corrected chi connectivity index (χ0v) is 14.8. The van der Waals surface area contributed by atoms with Crippen LogP contribution >= 0.6 is 11.6 Å². The average Bonchev–Trinajstić information content (AvgIpc) is 2.55. The third-order valence-corrected chi connectivity index (χ3v) is 4.24. The minimum absolute atomic E-state index is 0.138. The Labute approximate surface area is 147 Å². The van der Waals surface area contributed by atoms with Crippen LogP contribution < -0.4 is 15.8 Å². The smallest absolute Gasteiger partial charge is 0.219 e. The molecule has 0 unspecified atom stereocenters. The summed E-state index contributed by atoms with van der Waals surface area (Å²) in [4.78, 5) is 19.8. The molecule has 2 rings (SSSR count). The van der Waals surface area contributed by atoms with E-state index >= 15 is 0 Å². The van der Waals surface area contributed by atoms with Crippen molar-refractivity contribution in [1.82, 2.24) is 9.80 Å². The number of carbonyl (C=O) groups excluding carboxylic acids is 1. The summed E-state index contributed by atoms with van der Waals surface area (Å²) in [5.74, 6) is 1.10. The monoisotopic (exact) mass is 353 g/mol. The summed E-state index contributed by atoms with van der Waals surface area (Å²) in [5.41, 5.74) is 6.66. The Bertz CT molecular complexity index is 600. The molecule has 1 heterocycles. The van der Waals surface area contributed by atoms with E-state index in [1.54, 1.807) is 26.2 Å². The lowest BCUT2D eigenvalue weighted by molar-refractivity contribution is -0.130. The van der Waals surface area contributed by atoms with Crippen LogP contribution in [0.2, 0.25) is 5.02 Å². The van der Waals surface area contributed by atoms with E-state index in [1.807, 2.05) is 11.0 Å². The lowest BCUT2D eigenvalue weighted by Gasteiger charge is -2.33. The normalized spacial score (nSPS) is 16.1. The van der Waals surface area contributed by atoms with E-state index in [-0.39, 0.29) is 5.91 Å². The Morgan fingerprint density at radius 3 is 2.67 bits per heavy atom. The molecule has 1 saturated heterocycles. The molecule has 0 radical (unpaired) electrons. The van der Waals surface area contributed by atoms with Gasteiger partial charge in [-0.25, -0.2) is 0 Å². The van der Waals surface area contributed by atoms with Crippen LogP contribution in [0.4, 0.5) is 5.69 Å². The number of nitrogens with zero attached hydrogens (tertiary/aromatic N) is 3. The number of piperazine rings is 1. The molecule has 0 spiro atoms. The van der Waals surface area contributed by atoms with Gasteiger partial charge in [0.2, 0.25) is 5.91 Å². The minimum atomic E-state index is 0.138. The van der Waals surface area contributed by atoms with Gasteiger partial charge in [-0.05, 0) is 18.2 Å². The number of methoxy groups -OCH3 is 1. The Hall–Kier alpha value is -1.99. The Balaban J connectivity index is 1.76.